The number of nitrogens with zero attached hydrogens (tertiary/aromatic N) is 2. The van der Waals surface area contributed by atoms with Gasteiger partial charge in [0.15, 0.2) is 0 Å². The van der Waals surface area contributed by atoms with Crippen molar-refractivity contribution < 1.29 is 23.7 Å². The van der Waals surface area contributed by atoms with E-state index in [-0.39, 0.29) is 12.0 Å². The molecule has 0 spiro atoms. The monoisotopic (exact) mass is 379 g/mol. The minimum absolute atomic E-state index is 0.125. The van der Waals surface area contributed by atoms with Crippen LogP contribution in [0.15, 0.2) is 0 Å². The van der Waals surface area contributed by atoms with Gasteiger partial charge in [-0.1, -0.05) is 0 Å². The lowest BCUT2D eigenvalue weighted by molar-refractivity contribution is -0.157. The average Bonchev–Trinajstić information content (AvgIpc) is 2.43. The minimum Gasteiger partial charge on any atom is -0.390 e. The summed E-state index contributed by atoms with van der Waals surface area (Å²) in [7, 11) is -3.32. The molecule has 0 aromatic carbocycles. The van der Waals surface area contributed by atoms with Crippen molar-refractivity contribution in [3.63, 3.8) is 0 Å². The maximum Gasteiger partial charge on any atom is 0.341 e. The summed E-state index contributed by atoms with van der Waals surface area (Å²) in [4.78, 5) is 14.4. The number of ether oxygens (including phenoxy) is 1. The van der Waals surface area contributed by atoms with Gasteiger partial charge in [-0.2, -0.15) is 0 Å². The molecule has 0 radical (unpaired) electrons. The van der Waals surface area contributed by atoms with Gasteiger partial charge in [0.25, 0.3) is 5.91 Å². The van der Waals surface area contributed by atoms with Crippen molar-refractivity contribution in [2.75, 3.05) is 32.8 Å². The van der Waals surface area contributed by atoms with Crippen molar-refractivity contribution in [1.82, 2.24) is 9.57 Å². The maximum atomic E-state index is 12.7. The molecule has 0 bridgehead atoms. The average molecular weight is 379 g/mol. The van der Waals surface area contributed by atoms with Gasteiger partial charge in [0.2, 0.25) is 0 Å². The summed E-state index contributed by atoms with van der Waals surface area (Å²) in [6.45, 7) is 12.3. The number of rotatable bonds is 8. The highest BCUT2D eigenvalue weighted by Gasteiger charge is 2.38. The summed E-state index contributed by atoms with van der Waals surface area (Å²) >= 11 is 0. The molecule has 25 heavy (non-hydrogen) atoms. The van der Waals surface area contributed by atoms with Crippen LogP contribution in [-0.4, -0.2) is 70.7 Å². The van der Waals surface area contributed by atoms with E-state index >= 15 is 0 Å². The molecule has 0 aromatic rings. The van der Waals surface area contributed by atoms with Crippen LogP contribution in [0.3, 0.4) is 0 Å². The molecule has 0 aliphatic carbocycles. The largest absolute Gasteiger partial charge is 0.390 e. The van der Waals surface area contributed by atoms with Crippen molar-refractivity contribution in [3.05, 3.63) is 0 Å². The molecule has 148 valence electrons. The maximum absolute atomic E-state index is 12.7. The molecule has 1 fully saturated rings. The van der Waals surface area contributed by atoms with Crippen molar-refractivity contribution in [2.45, 2.75) is 65.3 Å². The molecule has 0 saturated carbocycles. The number of hydrogen-bond acceptors (Lipinski definition) is 5. The van der Waals surface area contributed by atoms with Crippen molar-refractivity contribution >= 4 is 13.6 Å². The Morgan fingerprint density at radius 2 is 1.72 bits per heavy atom. The SMILES string of the molecule is CC(C)OP(N)(=O)N1CCN(C(=O)C(C)(C)OCCC(C)(C)O)CC1. The van der Waals surface area contributed by atoms with Gasteiger partial charge >= 0.3 is 7.67 Å². The Morgan fingerprint density at radius 1 is 1.20 bits per heavy atom. The van der Waals surface area contributed by atoms with Crippen LogP contribution in [0.4, 0.5) is 0 Å². The first kappa shape index (κ1) is 22.5. The standard InChI is InChI=1S/C16H34N3O5P/c1-13(2)24-25(17,22)19-10-8-18(9-11-19)14(20)16(5,6)23-12-7-15(3,4)21/h13,21H,7-12H2,1-6H3,(H2,17,22). The Hall–Kier alpha value is -0.500. The van der Waals surface area contributed by atoms with Gasteiger partial charge in [-0.3, -0.25) is 9.36 Å². The molecule has 1 atom stereocenters. The number of carbonyl (C=O) groups excluding carboxylic acids is 1. The van der Waals surface area contributed by atoms with Crippen LogP contribution in [0.2, 0.25) is 0 Å². The number of piperazine rings is 1. The molecule has 9 heteroatoms. The second-order valence-corrected chi connectivity index (χ2v) is 9.79. The predicted octanol–water partition coefficient (Wildman–Crippen LogP) is 1.58. The van der Waals surface area contributed by atoms with E-state index in [1.807, 2.05) is 0 Å². The fraction of sp³-hybridized carbons (Fsp3) is 0.938. The molecule has 8 nitrogen and oxygen atoms in total. The fourth-order valence-corrected chi connectivity index (χ4v) is 4.02. The quantitative estimate of drug-likeness (QED) is 0.617. The smallest absolute Gasteiger partial charge is 0.341 e. The Balaban J connectivity index is 2.55. The lowest BCUT2D eigenvalue weighted by Crippen LogP contribution is -2.54. The number of hydrogen-bond donors (Lipinski definition) is 2. The van der Waals surface area contributed by atoms with E-state index in [1.54, 1.807) is 51.1 Å². The van der Waals surface area contributed by atoms with Gasteiger partial charge in [0, 0.05) is 26.2 Å². The summed E-state index contributed by atoms with van der Waals surface area (Å²) in [5.41, 5.74) is 4.01. The lowest BCUT2D eigenvalue weighted by Gasteiger charge is -2.40. The molecule has 1 unspecified atom stereocenters. The highest BCUT2D eigenvalue weighted by Crippen LogP contribution is 2.44. The second-order valence-electron chi connectivity index (χ2n) is 7.89. The van der Waals surface area contributed by atoms with Crippen molar-refractivity contribution in [1.29, 1.82) is 0 Å². The summed E-state index contributed by atoms with van der Waals surface area (Å²) in [5.74, 6) is -0.125. The molecular weight excluding hydrogens is 345 g/mol. The molecule has 1 rings (SSSR count). The molecule has 0 aromatic heterocycles. The second kappa shape index (κ2) is 8.46. The summed E-state index contributed by atoms with van der Waals surface area (Å²) in [6.07, 6.45) is 0.221. The van der Waals surface area contributed by atoms with Crippen LogP contribution < -0.4 is 5.50 Å². The van der Waals surface area contributed by atoms with Crippen LogP contribution in [0, 0.1) is 0 Å². The van der Waals surface area contributed by atoms with E-state index < -0.39 is 18.9 Å². The van der Waals surface area contributed by atoms with Crippen LogP contribution in [0.1, 0.15) is 48.0 Å². The first-order chi connectivity index (χ1) is 11.2. The number of nitrogens with two attached hydrogens (primary N) is 1. The zero-order chi connectivity index (χ0) is 19.5. The third-order valence-corrected chi connectivity index (χ3v) is 5.90. The summed E-state index contributed by atoms with van der Waals surface area (Å²) in [6, 6.07) is 0. The minimum atomic E-state index is -3.32. The topological polar surface area (TPSA) is 105 Å². The molecule has 1 saturated heterocycles. The van der Waals surface area contributed by atoms with Gasteiger partial charge in [0.05, 0.1) is 18.3 Å². The van der Waals surface area contributed by atoms with Crippen LogP contribution in [0.25, 0.3) is 0 Å². The van der Waals surface area contributed by atoms with Gasteiger partial charge in [-0.25, -0.2) is 10.2 Å². The zero-order valence-corrected chi connectivity index (χ0v) is 17.2. The molecular formula is C16H34N3O5P. The zero-order valence-electron chi connectivity index (χ0n) is 16.3. The van der Waals surface area contributed by atoms with E-state index in [2.05, 4.69) is 0 Å². The Morgan fingerprint density at radius 3 is 2.16 bits per heavy atom. The van der Waals surface area contributed by atoms with Crippen LogP contribution >= 0.6 is 7.67 Å². The van der Waals surface area contributed by atoms with Gasteiger partial charge in [-0.15, -0.1) is 0 Å². The van der Waals surface area contributed by atoms with E-state index in [0.717, 1.165) is 0 Å². The predicted molar refractivity (Wildman–Crippen MR) is 97.1 cm³/mol. The molecule has 1 aliphatic rings. The van der Waals surface area contributed by atoms with Gasteiger partial charge in [-0.05, 0) is 48.0 Å². The first-order valence-electron chi connectivity index (χ1n) is 8.73. The Labute approximate surface area is 151 Å². The third-order valence-electron chi connectivity index (χ3n) is 3.99. The van der Waals surface area contributed by atoms with Gasteiger partial charge < -0.3 is 19.3 Å². The molecule has 1 heterocycles. The van der Waals surface area contributed by atoms with Crippen LogP contribution in [-0.2, 0) is 18.6 Å². The fourth-order valence-electron chi connectivity index (χ4n) is 2.54. The highest BCUT2D eigenvalue weighted by atomic mass is 31.2. The molecule has 3 N–H and O–H groups in total. The van der Waals surface area contributed by atoms with E-state index in [1.165, 1.54) is 0 Å². The number of amides is 1. The Kier molecular flexibility index (Phi) is 7.63. The third kappa shape index (κ3) is 7.33. The van der Waals surface area contributed by atoms with Crippen molar-refractivity contribution in [3.8, 4) is 0 Å². The summed E-state index contributed by atoms with van der Waals surface area (Å²) < 4.78 is 25.1. The normalized spacial score (nSPS) is 20.0. The highest BCUT2D eigenvalue weighted by molar-refractivity contribution is 7.53. The first-order valence-corrected chi connectivity index (χ1v) is 10.4. The van der Waals surface area contributed by atoms with Gasteiger partial charge in [0.1, 0.15) is 5.60 Å². The van der Waals surface area contributed by atoms with Crippen LogP contribution in [0.5, 0.6) is 0 Å². The van der Waals surface area contributed by atoms with E-state index in [0.29, 0.717) is 39.2 Å². The van der Waals surface area contributed by atoms with E-state index in [4.69, 9.17) is 14.8 Å². The lowest BCUT2D eigenvalue weighted by atomic mass is 10.0. The molecule has 1 aliphatic heterocycles. The van der Waals surface area contributed by atoms with E-state index in [9.17, 15) is 14.5 Å². The summed E-state index contributed by atoms with van der Waals surface area (Å²) in [5, 5.41) is 9.74. The number of aliphatic hydroxyl groups is 1. The Bertz CT molecular complexity index is 496. The van der Waals surface area contributed by atoms with Crippen molar-refractivity contribution in [2.24, 2.45) is 5.50 Å². The molecule has 1 amide bonds. The number of carbonyl (C=O) groups is 1.